The Labute approximate surface area is 90.7 Å². The zero-order valence-corrected chi connectivity index (χ0v) is 10.2. The molecular weight excluding hydrogens is 216 g/mol. The molecule has 0 bridgehead atoms. The van der Waals surface area contributed by atoms with Gasteiger partial charge in [0.25, 0.3) is 0 Å². The van der Waals surface area contributed by atoms with Gasteiger partial charge in [-0.05, 0) is 20.3 Å². The van der Waals surface area contributed by atoms with Crippen molar-refractivity contribution in [3.63, 3.8) is 0 Å². The Balaban J connectivity index is 2.55. The van der Waals surface area contributed by atoms with Gasteiger partial charge in [0.15, 0.2) is 9.84 Å². The van der Waals surface area contributed by atoms with Crippen LogP contribution in [0.1, 0.15) is 20.3 Å². The number of carbonyl (C=O) groups is 1. The number of urea groups is 1. The number of rotatable bonds is 2. The zero-order valence-electron chi connectivity index (χ0n) is 9.36. The average molecular weight is 234 g/mol. The van der Waals surface area contributed by atoms with Gasteiger partial charge < -0.3 is 10.2 Å². The Bertz CT molecular complexity index is 337. The number of carbonyl (C=O) groups excluding carboxylic acids is 1. The van der Waals surface area contributed by atoms with Crippen LogP contribution in [0.5, 0.6) is 0 Å². The number of amides is 2. The minimum atomic E-state index is -2.92. The van der Waals surface area contributed by atoms with Crippen molar-refractivity contribution in [3.05, 3.63) is 0 Å². The molecule has 1 saturated heterocycles. The quantitative estimate of drug-likeness (QED) is 0.743. The minimum Gasteiger partial charge on any atom is -0.336 e. The van der Waals surface area contributed by atoms with Gasteiger partial charge >= 0.3 is 6.03 Å². The first-order valence-electron chi connectivity index (χ1n) is 5.05. The zero-order chi connectivity index (χ0) is 11.6. The molecular formula is C9H18N2O3S. The van der Waals surface area contributed by atoms with Gasteiger partial charge in [0, 0.05) is 19.1 Å². The van der Waals surface area contributed by atoms with Crippen molar-refractivity contribution in [2.75, 3.05) is 18.6 Å². The fraction of sp³-hybridized carbons (Fsp3) is 0.889. The molecule has 1 aliphatic rings. The lowest BCUT2D eigenvalue weighted by atomic mass is 10.2. The van der Waals surface area contributed by atoms with Crippen molar-refractivity contribution in [1.29, 1.82) is 0 Å². The molecule has 88 valence electrons. The lowest BCUT2D eigenvalue weighted by molar-refractivity contribution is 0.192. The number of nitrogens with zero attached hydrogens (tertiary/aromatic N) is 1. The molecule has 15 heavy (non-hydrogen) atoms. The molecule has 0 aromatic carbocycles. The number of hydrogen-bond acceptors (Lipinski definition) is 3. The van der Waals surface area contributed by atoms with Crippen molar-refractivity contribution < 1.29 is 13.2 Å². The summed E-state index contributed by atoms with van der Waals surface area (Å²) in [5.74, 6) is 0.284. The molecule has 0 unspecified atom stereocenters. The highest BCUT2D eigenvalue weighted by Crippen LogP contribution is 2.16. The minimum absolute atomic E-state index is 0.0676. The summed E-state index contributed by atoms with van der Waals surface area (Å²) in [5, 5.41) is 2.74. The molecule has 1 rings (SSSR count). The van der Waals surface area contributed by atoms with Crippen molar-refractivity contribution >= 4 is 15.9 Å². The first-order valence-corrected chi connectivity index (χ1v) is 6.88. The van der Waals surface area contributed by atoms with Crippen molar-refractivity contribution in [1.82, 2.24) is 10.2 Å². The summed E-state index contributed by atoms with van der Waals surface area (Å²) in [7, 11) is -1.28. The average Bonchev–Trinajstić information content (AvgIpc) is 2.43. The van der Waals surface area contributed by atoms with E-state index in [9.17, 15) is 13.2 Å². The van der Waals surface area contributed by atoms with Crippen LogP contribution in [0.25, 0.3) is 0 Å². The van der Waals surface area contributed by atoms with Crippen LogP contribution in [0.15, 0.2) is 0 Å². The van der Waals surface area contributed by atoms with E-state index in [1.165, 1.54) is 4.90 Å². The molecule has 0 saturated carbocycles. The van der Waals surface area contributed by atoms with Crippen LogP contribution in [0.3, 0.4) is 0 Å². The molecule has 0 spiro atoms. The van der Waals surface area contributed by atoms with E-state index in [1.807, 2.05) is 13.8 Å². The van der Waals surface area contributed by atoms with E-state index in [2.05, 4.69) is 5.32 Å². The Hall–Kier alpha value is -0.780. The largest absolute Gasteiger partial charge is 0.336 e. The van der Waals surface area contributed by atoms with Crippen LogP contribution in [0.2, 0.25) is 0 Å². The van der Waals surface area contributed by atoms with E-state index >= 15 is 0 Å². The Morgan fingerprint density at radius 1 is 1.47 bits per heavy atom. The molecule has 1 aliphatic heterocycles. The van der Waals surface area contributed by atoms with E-state index in [0.717, 1.165) is 0 Å². The topological polar surface area (TPSA) is 66.5 Å². The third-order valence-electron chi connectivity index (χ3n) is 2.49. The van der Waals surface area contributed by atoms with E-state index in [1.54, 1.807) is 7.05 Å². The predicted octanol–water partition coefficient (Wildman–Crippen LogP) is 0.223. The van der Waals surface area contributed by atoms with E-state index in [4.69, 9.17) is 0 Å². The fourth-order valence-electron chi connectivity index (χ4n) is 1.60. The predicted molar refractivity (Wildman–Crippen MR) is 58.5 cm³/mol. The summed E-state index contributed by atoms with van der Waals surface area (Å²) in [6.45, 7) is 3.74. The van der Waals surface area contributed by atoms with Gasteiger partial charge in [-0.3, -0.25) is 0 Å². The number of hydrogen-bond donors (Lipinski definition) is 1. The number of nitrogens with one attached hydrogen (secondary N) is 1. The monoisotopic (exact) mass is 234 g/mol. The molecule has 1 heterocycles. The second kappa shape index (κ2) is 4.38. The maximum atomic E-state index is 11.6. The molecule has 1 atom stereocenters. The molecule has 0 radical (unpaired) electrons. The third-order valence-corrected chi connectivity index (χ3v) is 4.24. The summed E-state index contributed by atoms with van der Waals surface area (Å²) >= 11 is 0. The lowest BCUT2D eigenvalue weighted by Crippen LogP contribution is -2.46. The fourth-order valence-corrected chi connectivity index (χ4v) is 3.37. The maximum absolute atomic E-state index is 11.6. The first-order chi connectivity index (χ1) is 6.82. The molecule has 0 aliphatic carbocycles. The second-order valence-corrected chi connectivity index (χ2v) is 6.50. The van der Waals surface area contributed by atoms with Crippen LogP contribution in [0, 0.1) is 0 Å². The summed E-state index contributed by atoms with van der Waals surface area (Å²) in [6, 6.07) is -0.307. The normalized spacial score (nSPS) is 24.1. The van der Waals surface area contributed by atoms with Gasteiger partial charge in [-0.25, -0.2) is 13.2 Å². The van der Waals surface area contributed by atoms with Crippen LogP contribution >= 0.6 is 0 Å². The molecule has 1 N–H and O–H groups in total. The Morgan fingerprint density at radius 3 is 2.47 bits per heavy atom. The molecule has 1 fully saturated rings. The van der Waals surface area contributed by atoms with Crippen molar-refractivity contribution in [2.45, 2.75) is 32.4 Å². The van der Waals surface area contributed by atoms with Gasteiger partial charge in [-0.15, -0.1) is 0 Å². The van der Waals surface area contributed by atoms with Gasteiger partial charge in [0.05, 0.1) is 11.5 Å². The van der Waals surface area contributed by atoms with Crippen LogP contribution in [0.4, 0.5) is 4.79 Å². The highest BCUT2D eigenvalue weighted by atomic mass is 32.2. The maximum Gasteiger partial charge on any atom is 0.317 e. The van der Waals surface area contributed by atoms with Gasteiger partial charge in [-0.2, -0.15) is 0 Å². The van der Waals surface area contributed by atoms with Crippen molar-refractivity contribution in [2.24, 2.45) is 0 Å². The Morgan fingerprint density at radius 2 is 2.07 bits per heavy atom. The van der Waals surface area contributed by atoms with Crippen LogP contribution < -0.4 is 5.32 Å². The number of sulfone groups is 1. The second-order valence-electron chi connectivity index (χ2n) is 4.27. The lowest BCUT2D eigenvalue weighted by Gasteiger charge is -2.24. The smallest absolute Gasteiger partial charge is 0.317 e. The van der Waals surface area contributed by atoms with E-state index in [0.29, 0.717) is 6.42 Å². The summed E-state index contributed by atoms with van der Waals surface area (Å²) in [5.41, 5.74) is 0. The highest BCUT2D eigenvalue weighted by molar-refractivity contribution is 7.91. The first kappa shape index (κ1) is 12.3. The summed E-state index contributed by atoms with van der Waals surface area (Å²) < 4.78 is 22.5. The van der Waals surface area contributed by atoms with Crippen LogP contribution in [-0.2, 0) is 9.84 Å². The third kappa shape index (κ3) is 3.37. The molecule has 6 heteroatoms. The summed E-state index contributed by atoms with van der Waals surface area (Å²) in [6.07, 6.45) is 0.546. The summed E-state index contributed by atoms with van der Waals surface area (Å²) in [4.78, 5) is 13.1. The molecule has 0 aromatic heterocycles. The molecule has 5 nitrogen and oxygen atoms in total. The van der Waals surface area contributed by atoms with Gasteiger partial charge in [0.2, 0.25) is 0 Å². The Kier molecular flexibility index (Phi) is 3.59. The SMILES string of the molecule is CC(C)NC(=O)N(C)[C@@H]1CCS(=O)(=O)C1. The van der Waals surface area contributed by atoms with Gasteiger partial charge in [0.1, 0.15) is 0 Å². The molecule has 2 amide bonds. The van der Waals surface area contributed by atoms with E-state index < -0.39 is 9.84 Å². The molecule has 0 aromatic rings. The standard InChI is InChI=1S/C9H18N2O3S/c1-7(2)10-9(12)11(3)8-4-5-15(13,14)6-8/h7-8H,4-6H2,1-3H3,(H,10,12)/t8-/m1/s1. The van der Waals surface area contributed by atoms with E-state index in [-0.39, 0.29) is 29.6 Å². The van der Waals surface area contributed by atoms with Gasteiger partial charge in [-0.1, -0.05) is 0 Å². The van der Waals surface area contributed by atoms with Crippen LogP contribution in [-0.4, -0.2) is 50.0 Å². The highest BCUT2D eigenvalue weighted by Gasteiger charge is 2.32. The van der Waals surface area contributed by atoms with Crippen molar-refractivity contribution in [3.8, 4) is 0 Å².